The molecule has 1 rings (SSSR count). The number of ether oxygens (including phenoxy) is 1. The number of rotatable bonds is 3. The van der Waals surface area contributed by atoms with Crippen molar-refractivity contribution in [1.82, 2.24) is 4.98 Å². The number of methoxy groups -OCH3 is 1. The quantitative estimate of drug-likeness (QED) is 0.790. The van der Waals surface area contributed by atoms with E-state index in [1.54, 1.807) is 18.4 Å². The summed E-state index contributed by atoms with van der Waals surface area (Å²) >= 11 is 5.24. The minimum Gasteiger partial charge on any atom is -0.378 e. The molecule has 0 radical (unpaired) electrons. The maximum absolute atomic E-state index is 5.12. The molecule has 0 atom stereocenters. The van der Waals surface area contributed by atoms with Crippen LogP contribution in [0.1, 0.15) is 36.3 Å². The van der Waals surface area contributed by atoms with Crippen LogP contribution < -0.4 is 0 Å². The molecule has 0 saturated carbocycles. The molecule has 0 bridgehead atoms. The number of halogens is 1. The molecule has 1 heterocycles. The molecule has 1 aromatic rings. The van der Waals surface area contributed by atoms with Gasteiger partial charge in [-0.1, -0.05) is 36.7 Å². The molecule has 0 saturated heterocycles. The van der Waals surface area contributed by atoms with Crippen LogP contribution in [0.4, 0.5) is 0 Å². The van der Waals surface area contributed by atoms with E-state index in [4.69, 9.17) is 4.74 Å². The molecule has 0 aliphatic rings. The Kier molecular flexibility index (Phi) is 4.10. The van der Waals surface area contributed by atoms with Crippen molar-refractivity contribution in [1.29, 1.82) is 0 Å². The summed E-state index contributed by atoms with van der Waals surface area (Å²) in [6.45, 7) is 7.15. The van der Waals surface area contributed by atoms with Crippen molar-refractivity contribution in [3.63, 3.8) is 0 Å². The monoisotopic (exact) mass is 277 g/mol. The van der Waals surface area contributed by atoms with E-state index < -0.39 is 0 Å². The second-order valence-electron chi connectivity index (χ2n) is 4.21. The molecular weight excluding hydrogens is 262 g/mol. The number of hydrogen-bond donors (Lipinski definition) is 0. The molecule has 0 aromatic carbocycles. The van der Waals surface area contributed by atoms with E-state index in [0.717, 1.165) is 11.0 Å². The molecule has 0 unspecified atom stereocenters. The Hall–Kier alpha value is 0.0700. The van der Waals surface area contributed by atoms with Gasteiger partial charge in [-0.15, -0.1) is 11.3 Å². The van der Waals surface area contributed by atoms with E-state index in [0.29, 0.717) is 6.61 Å². The first-order chi connectivity index (χ1) is 6.49. The minimum atomic E-state index is 0.133. The Morgan fingerprint density at radius 3 is 2.50 bits per heavy atom. The third kappa shape index (κ3) is 2.78. The normalized spacial score (nSPS) is 12.1. The minimum absolute atomic E-state index is 0.133. The van der Waals surface area contributed by atoms with E-state index in [2.05, 4.69) is 41.7 Å². The lowest BCUT2D eigenvalue weighted by Gasteiger charge is -2.13. The van der Waals surface area contributed by atoms with Crippen molar-refractivity contribution in [2.75, 3.05) is 7.11 Å². The fraction of sp³-hybridized carbons (Fsp3) is 0.700. The third-order valence-corrected chi connectivity index (χ3v) is 4.28. The highest BCUT2D eigenvalue weighted by atomic mass is 79.9. The number of thiazole rings is 1. The lowest BCUT2D eigenvalue weighted by Crippen LogP contribution is -2.10. The van der Waals surface area contributed by atoms with E-state index in [-0.39, 0.29) is 5.41 Å². The number of alkyl halides is 1. The van der Waals surface area contributed by atoms with Crippen LogP contribution >= 0.6 is 27.3 Å². The molecule has 4 heteroatoms. The van der Waals surface area contributed by atoms with Crippen LogP contribution in [0, 0.1) is 0 Å². The van der Waals surface area contributed by atoms with Crippen molar-refractivity contribution >= 4 is 27.3 Å². The van der Waals surface area contributed by atoms with Gasteiger partial charge in [-0.05, 0) is 0 Å². The average molecular weight is 278 g/mol. The zero-order chi connectivity index (χ0) is 10.8. The highest BCUT2D eigenvalue weighted by Crippen LogP contribution is 2.30. The number of aromatic nitrogens is 1. The zero-order valence-corrected chi connectivity index (χ0v) is 11.5. The largest absolute Gasteiger partial charge is 0.378 e. The Bertz CT molecular complexity index is 304. The van der Waals surface area contributed by atoms with Gasteiger partial charge >= 0.3 is 0 Å². The first-order valence-electron chi connectivity index (χ1n) is 4.53. The van der Waals surface area contributed by atoms with Crippen molar-refractivity contribution in [2.24, 2.45) is 0 Å². The van der Waals surface area contributed by atoms with Gasteiger partial charge in [-0.25, -0.2) is 4.98 Å². The number of hydrogen-bond acceptors (Lipinski definition) is 3. The summed E-state index contributed by atoms with van der Waals surface area (Å²) in [4.78, 5) is 5.88. The standard InChI is InChI=1S/C10H16BrNOS/c1-10(2,3)9-12-7(6-13-4)8(5-11)14-9/h5-6H2,1-4H3. The Balaban J connectivity index is 3.00. The first kappa shape index (κ1) is 12.1. The van der Waals surface area contributed by atoms with Gasteiger partial charge in [-0.3, -0.25) is 0 Å². The molecule has 80 valence electrons. The van der Waals surface area contributed by atoms with Crippen LogP contribution in [0.25, 0.3) is 0 Å². The smallest absolute Gasteiger partial charge is 0.0985 e. The summed E-state index contributed by atoms with van der Waals surface area (Å²) < 4.78 is 5.12. The van der Waals surface area contributed by atoms with Gasteiger partial charge in [-0.2, -0.15) is 0 Å². The zero-order valence-electron chi connectivity index (χ0n) is 9.06. The molecule has 1 aromatic heterocycles. The molecule has 0 aliphatic heterocycles. The molecule has 0 spiro atoms. The summed E-state index contributed by atoms with van der Waals surface area (Å²) in [7, 11) is 1.70. The van der Waals surface area contributed by atoms with Crippen LogP contribution in [0.2, 0.25) is 0 Å². The average Bonchev–Trinajstić information content (AvgIpc) is 2.47. The summed E-state index contributed by atoms with van der Waals surface area (Å²) in [6.07, 6.45) is 0. The fourth-order valence-electron chi connectivity index (χ4n) is 1.06. The van der Waals surface area contributed by atoms with Crippen molar-refractivity contribution < 1.29 is 4.74 Å². The predicted octanol–water partition coefficient (Wildman–Crippen LogP) is 3.48. The summed E-state index contributed by atoms with van der Waals surface area (Å²) in [5.41, 5.74) is 1.20. The van der Waals surface area contributed by atoms with Gasteiger partial charge in [0.25, 0.3) is 0 Å². The molecule has 0 fully saturated rings. The Morgan fingerprint density at radius 2 is 2.07 bits per heavy atom. The van der Waals surface area contributed by atoms with Crippen LogP contribution in [0.3, 0.4) is 0 Å². The second-order valence-corrected chi connectivity index (χ2v) is 5.85. The molecule has 14 heavy (non-hydrogen) atoms. The molecule has 0 amide bonds. The fourth-order valence-corrected chi connectivity index (χ4v) is 2.70. The summed E-state index contributed by atoms with van der Waals surface area (Å²) in [5, 5.41) is 2.04. The SMILES string of the molecule is COCc1nc(C(C)(C)C)sc1CBr. The van der Waals surface area contributed by atoms with E-state index >= 15 is 0 Å². The third-order valence-electron chi connectivity index (χ3n) is 1.82. The topological polar surface area (TPSA) is 22.1 Å². The lowest BCUT2D eigenvalue weighted by molar-refractivity contribution is 0.181. The van der Waals surface area contributed by atoms with Gasteiger partial charge in [0.2, 0.25) is 0 Å². The molecule has 0 aliphatic carbocycles. The maximum Gasteiger partial charge on any atom is 0.0985 e. The van der Waals surface area contributed by atoms with Crippen LogP contribution in [0.15, 0.2) is 0 Å². The van der Waals surface area contributed by atoms with Gasteiger partial charge in [0, 0.05) is 22.7 Å². The van der Waals surface area contributed by atoms with E-state index in [9.17, 15) is 0 Å². The second kappa shape index (κ2) is 4.73. The van der Waals surface area contributed by atoms with Gasteiger partial charge in [0.15, 0.2) is 0 Å². The Morgan fingerprint density at radius 1 is 1.43 bits per heavy atom. The highest BCUT2D eigenvalue weighted by Gasteiger charge is 2.20. The van der Waals surface area contributed by atoms with Gasteiger partial charge in [0.1, 0.15) is 0 Å². The van der Waals surface area contributed by atoms with Crippen molar-refractivity contribution in [2.45, 2.75) is 38.1 Å². The first-order valence-corrected chi connectivity index (χ1v) is 6.46. The Labute approximate surface area is 97.8 Å². The van der Waals surface area contributed by atoms with E-state index in [1.165, 1.54) is 9.88 Å². The van der Waals surface area contributed by atoms with Crippen molar-refractivity contribution in [3.05, 3.63) is 15.6 Å². The molecule has 2 nitrogen and oxygen atoms in total. The van der Waals surface area contributed by atoms with E-state index in [1.807, 2.05) is 0 Å². The molecular formula is C10H16BrNOS. The van der Waals surface area contributed by atoms with Gasteiger partial charge in [0.05, 0.1) is 17.3 Å². The lowest BCUT2D eigenvalue weighted by atomic mass is 9.98. The summed E-state index contributed by atoms with van der Waals surface area (Å²) in [6, 6.07) is 0. The molecule has 0 N–H and O–H groups in total. The predicted molar refractivity (Wildman–Crippen MR) is 64.2 cm³/mol. The number of nitrogens with zero attached hydrogens (tertiary/aromatic N) is 1. The van der Waals surface area contributed by atoms with Crippen LogP contribution in [-0.4, -0.2) is 12.1 Å². The highest BCUT2D eigenvalue weighted by molar-refractivity contribution is 9.08. The maximum atomic E-state index is 5.12. The van der Waals surface area contributed by atoms with Crippen LogP contribution in [-0.2, 0) is 22.1 Å². The van der Waals surface area contributed by atoms with Crippen LogP contribution in [0.5, 0.6) is 0 Å². The van der Waals surface area contributed by atoms with Gasteiger partial charge < -0.3 is 4.74 Å². The summed E-state index contributed by atoms with van der Waals surface area (Å²) in [5.74, 6) is 0. The van der Waals surface area contributed by atoms with Crippen molar-refractivity contribution in [3.8, 4) is 0 Å².